The highest BCUT2D eigenvalue weighted by molar-refractivity contribution is 7.51. The Morgan fingerprint density at radius 2 is 2.16 bits per heavy atom. The molecule has 0 radical (unpaired) electrons. The molecule has 2 aliphatic heterocycles. The van der Waals surface area contributed by atoms with Gasteiger partial charge in [-0.1, -0.05) is 39.8 Å². The monoisotopic (exact) mass is 436 g/mol. The van der Waals surface area contributed by atoms with Gasteiger partial charge in [-0.3, -0.25) is 4.79 Å². The van der Waals surface area contributed by atoms with Crippen LogP contribution in [-0.2, 0) is 4.79 Å². The third-order valence-corrected chi connectivity index (χ3v) is 8.03. The van der Waals surface area contributed by atoms with Crippen molar-refractivity contribution >= 4 is 19.8 Å². The predicted molar refractivity (Wildman–Crippen MR) is 131 cm³/mol. The zero-order chi connectivity index (χ0) is 22.0. The fraction of sp³-hybridized carbons (Fsp3) is 0.423. The van der Waals surface area contributed by atoms with Gasteiger partial charge >= 0.3 is 0 Å². The lowest BCUT2D eigenvalue weighted by atomic mass is 9.89. The number of carbonyl (C=O) groups is 1. The smallest absolute Gasteiger partial charge is 0.252 e. The number of benzene rings is 1. The molecule has 164 valence electrons. The van der Waals surface area contributed by atoms with Gasteiger partial charge in [0.1, 0.15) is 5.75 Å². The Kier molecular flexibility index (Phi) is 6.79. The first-order valence-corrected chi connectivity index (χ1v) is 12.3. The lowest BCUT2D eigenvalue weighted by molar-refractivity contribution is -0.123. The molecule has 3 atom stereocenters. The number of nitrogens with zero attached hydrogens (tertiary/aromatic N) is 2. The molecular formula is C26H33N2O2P. The topological polar surface area (TPSA) is 32.8 Å². The maximum Gasteiger partial charge on any atom is 0.252 e. The molecule has 4 rings (SSSR count). The van der Waals surface area contributed by atoms with Gasteiger partial charge in [0, 0.05) is 18.3 Å². The van der Waals surface area contributed by atoms with Crippen LogP contribution < -0.4 is 4.74 Å². The molecule has 4 nitrogen and oxygen atoms in total. The average molecular weight is 437 g/mol. The molecule has 31 heavy (non-hydrogen) atoms. The molecule has 1 aliphatic carbocycles. The van der Waals surface area contributed by atoms with E-state index in [9.17, 15) is 4.79 Å². The molecular weight excluding hydrogens is 403 g/mol. The molecule has 1 aromatic carbocycles. The number of hydrogen-bond donors (Lipinski definition) is 0. The van der Waals surface area contributed by atoms with Crippen molar-refractivity contribution in [3.63, 3.8) is 0 Å². The van der Waals surface area contributed by atoms with Crippen LogP contribution in [0, 0.1) is 6.92 Å². The van der Waals surface area contributed by atoms with Crippen molar-refractivity contribution in [1.82, 2.24) is 9.80 Å². The van der Waals surface area contributed by atoms with Crippen molar-refractivity contribution in [2.75, 3.05) is 20.7 Å². The third-order valence-electron chi connectivity index (χ3n) is 6.52. The van der Waals surface area contributed by atoms with Crippen LogP contribution >= 0.6 is 8.58 Å². The second-order valence-electron chi connectivity index (χ2n) is 8.66. The van der Waals surface area contributed by atoms with Crippen molar-refractivity contribution in [1.29, 1.82) is 0 Å². The van der Waals surface area contributed by atoms with Crippen LogP contribution in [0.5, 0.6) is 5.75 Å². The zero-order valence-corrected chi connectivity index (χ0v) is 20.0. The van der Waals surface area contributed by atoms with E-state index in [0.717, 1.165) is 41.6 Å². The van der Waals surface area contributed by atoms with Gasteiger partial charge in [0.2, 0.25) is 0 Å². The Morgan fingerprint density at radius 3 is 2.84 bits per heavy atom. The second-order valence-corrected chi connectivity index (χ2v) is 10.1. The lowest BCUT2D eigenvalue weighted by Crippen LogP contribution is -2.36. The summed E-state index contributed by atoms with van der Waals surface area (Å²) in [6.07, 6.45) is 15.3. The second kappa shape index (κ2) is 9.54. The van der Waals surface area contributed by atoms with Gasteiger partial charge in [-0.05, 0) is 85.9 Å². The van der Waals surface area contributed by atoms with Crippen molar-refractivity contribution in [3.8, 4) is 5.75 Å². The Hall–Kier alpha value is -2.16. The number of allylic oxidation sites excluding steroid dienone is 3. The van der Waals surface area contributed by atoms with Crippen molar-refractivity contribution < 1.29 is 9.53 Å². The van der Waals surface area contributed by atoms with E-state index in [2.05, 4.69) is 55.4 Å². The fourth-order valence-corrected chi connectivity index (χ4v) is 6.08. The minimum atomic E-state index is 0.0750. The van der Waals surface area contributed by atoms with Crippen molar-refractivity contribution in [3.05, 3.63) is 71.0 Å². The van der Waals surface area contributed by atoms with Gasteiger partial charge in [-0.15, -0.1) is 0 Å². The number of amides is 1. The van der Waals surface area contributed by atoms with Crippen LogP contribution in [0.4, 0.5) is 0 Å². The number of hydrogen-bond acceptors (Lipinski definition) is 3. The standard InChI is InChI=1S/C26H33N2O2P/c1-5-14-27(3)22-10-6-19(7-11-22)21-9-13-26-28(17-21)25(29)16-24(31-26)20-8-12-23(30-4)18(2)15-20/h6,8-9,12-13,15-17,22,26,31H,5,7,10-11,14H2,1-4H3. The summed E-state index contributed by atoms with van der Waals surface area (Å²) >= 11 is 0. The highest BCUT2D eigenvalue weighted by atomic mass is 31.1. The molecule has 0 fully saturated rings. The fourth-order valence-electron chi connectivity index (χ4n) is 4.70. The summed E-state index contributed by atoms with van der Waals surface area (Å²) in [5.41, 5.74) is 4.79. The number of carbonyl (C=O) groups excluding carboxylic acids is 1. The zero-order valence-electron chi connectivity index (χ0n) is 19.0. The van der Waals surface area contributed by atoms with Gasteiger partial charge in [0.25, 0.3) is 5.91 Å². The Labute approximate surface area is 188 Å². The molecule has 0 saturated carbocycles. The Morgan fingerprint density at radius 1 is 1.32 bits per heavy atom. The van der Waals surface area contributed by atoms with Gasteiger partial charge in [-0.2, -0.15) is 0 Å². The van der Waals surface area contributed by atoms with E-state index in [-0.39, 0.29) is 11.7 Å². The summed E-state index contributed by atoms with van der Waals surface area (Å²) in [4.78, 5) is 17.4. The summed E-state index contributed by atoms with van der Waals surface area (Å²) in [6.45, 7) is 5.44. The first-order chi connectivity index (χ1) is 15.0. The largest absolute Gasteiger partial charge is 0.496 e. The van der Waals surface area contributed by atoms with Crippen LogP contribution in [0.2, 0.25) is 0 Å². The predicted octanol–water partition coefficient (Wildman–Crippen LogP) is 5.47. The molecule has 0 saturated heterocycles. The molecule has 1 aromatic rings. The van der Waals surface area contributed by atoms with E-state index < -0.39 is 0 Å². The first-order valence-electron chi connectivity index (χ1n) is 11.3. The molecule has 3 aliphatic rings. The van der Waals surface area contributed by atoms with Crippen molar-refractivity contribution in [2.24, 2.45) is 0 Å². The Balaban J connectivity index is 1.49. The average Bonchev–Trinajstić information content (AvgIpc) is 2.79. The van der Waals surface area contributed by atoms with E-state index in [1.807, 2.05) is 24.0 Å². The summed E-state index contributed by atoms with van der Waals surface area (Å²) in [7, 11) is 4.46. The maximum atomic E-state index is 13.0. The quantitative estimate of drug-likeness (QED) is 0.555. The van der Waals surface area contributed by atoms with Gasteiger partial charge in [-0.25, -0.2) is 0 Å². The van der Waals surface area contributed by atoms with Gasteiger partial charge < -0.3 is 14.5 Å². The van der Waals surface area contributed by atoms with Crippen LogP contribution in [0.3, 0.4) is 0 Å². The van der Waals surface area contributed by atoms with E-state index >= 15 is 0 Å². The minimum Gasteiger partial charge on any atom is -0.496 e. The first kappa shape index (κ1) is 22.0. The Bertz CT molecular complexity index is 976. The molecule has 3 unspecified atom stereocenters. The van der Waals surface area contributed by atoms with Crippen LogP contribution in [0.15, 0.2) is 59.8 Å². The molecule has 5 heteroatoms. The molecule has 1 amide bonds. The number of methoxy groups -OCH3 is 1. The van der Waals surface area contributed by atoms with Crippen LogP contribution in [0.1, 0.15) is 43.7 Å². The highest BCUT2D eigenvalue weighted by Gasteiger charge is 2.29. The normalized spacial score (nSPS) is 24.1. The van der Waals surface area contributed by atoms with E-state index in [0.29, 0.717) is 14.6 Å². The molecule has 0 aromatic heterocycles. The van der Waals surface area contributed by atoms with E-state index in [1.165, 1.54) is 24.0 Å². The van der Waals surface area contributed by atoms with Crippen molar-refractivity contribution in [2.45, 2.75) is 51.4 Å². The number of rotatable bonds is 6. The van der Waals surface area contributed by atoms with Crippen LogP contribution in [-0.4, -0.2) is 48.2 Å². The molecule has 0 N–H and O–H groups in total. The lowest BCUT2D eigenvalue weighted by Gasteiger charge is -2.35. The summed E-state index contributed by atoms with van der Waals surface area (Å²) in [5, 5.41) is 1.12. The summed E-state index contributed by atoms with van der Waals surface area (Å²) in [5.74, 6) is 1.07. The molecule has 0 bridgehead atoms. The molecule has 2 heterocycles. The number of ether oxygens (including phenoxy) is 1. The van der Waals surface area contributed by atoms with Gasteiger partial charge in [0.05, 0.1) is 12.9 Å². The minimum absolute atomic E-state index is 0.0750. The van der Waals surface area contributed by atoms with E-state index in [4.69, 9.17) is 4.74 Å². The number of fused-ring (bicyclic) bond motifs is 1. The molecule has 0 spiro atoms. The highest BCUT2D eigenvalue weighted by Crippen LogP contribution is 2.45. The van der Waals surface area contributed by atoms with Crippen LogP contribution in [0.25, 0.3) is 5.31 Å². The third kappa shape index (κ3) is 4.71. The van der Waals surface area contributed by atoms with Gasteiger partial charge in [0.15, 0.2) is 0 Å². The summed E-state index contributed by atoms with van der Waals surface area (Å²) < 4.78 is 5.38. The summed E-state index contributed by atoms with van der Waals surface area (Å²) in [6, 6.07) is 6.80. The number of aryl methyl sites for hydroxylation is 1. The SMILES string of the molecule is CCCN(C)C1CC=C(C2=CN3C(=O)C=C(c4ccc(OC)c(C)c4)PC3C=C2)CC1. The maximum absolute atomic E-state index is 13.0. The van der Waals surface area contributed by atoms with E-state index in [1.54, 1.807) is 7.11 Å².